The zero-order valence-electron chi connectivity index (χ0n) is 9.53. The molecule has 0 atom stereocenters. The van der Waals surface area contributed by atoms with E-state index in [-0.39, 0.29) is 18.0 Å². The Balaban J connectivity index is 2.56. The molecule has 0 aliphatic heterocycles. The van der Waals surface area contributed by atoms with E-state index in [1.165, 1.54) is 0 Å². The average Bonchev–Trinajstić information content (AvgIpc) is 2.29. The molecular weight excluding hydrogens is 200 g/mol. The van der Waals surface area contributed by atoms with E-state index in [2.05, 4.69) is 6.58 Å². The molecule has 1 aromatic rings. The molecule has 2 heteroatoms. The van der Waals surface area contributed by atoms with Gasteiger partial charge in [0.2, 0.25) is 0 Å². The van der Waals surface area contributed by atoms with E-state index in [1.54, 1.807) is 13.0 Å². The Bertz CT molecular complexity index is 388. The van der Waals surface area contributed by atoms with Crippen LogP contribution in [0.5, 0.6) is 0 Å². The summed E-state index contributed by atoms with van der Waals surface area (Å²) in [5, 5.41) is 0. The van der Waals surface area contributed by atoms with E-state index in [4.69, 9.17) is 0 Å². The Morgan fingerprint density at radius 1 is 1.19 bits per heavy atom. The molecule has 0 aliphatic carbocycles. The molecule has 16 heavy (non-hydrogen) atoms. The average molecular weight is 216 g/mol. The van der Waals surface area contributed by atoms with E-state index in [9.17, 15) is 9.59 Å². The largest absolute Gasteiger partial charge is 0.299 e. The number of ketones is 2. The lowest BCUT2D eigenvalue weighted by molar-refractivity contribution is -0.126. The molecule has 1 aromatic carbocycles. The van der Waals surface area contributed by atoms with Gasteiger partial charge in [-0.05, 0) is 11.1 Å². The highest BCUT2D eigenvalue weighted by Gasteiger charge is 2.08. The first-order chi connectivity index (χ1) is 7.65. The Hall–Kier alpha value is -1.70. The van der Waals surface area contributed by atoms with Crippen molar-refractivity contribution in [3.8, 4) is 0 Å². The lowest BCUT2D eigenvalue weighted by Gasteiger charge is -2.01. The van der Waals surface area contributed by atoms with Gasteiger partial charge in [0, 0.05) is 12.8 Å². The topological polar surface area (TPSA) is 34.1 Å². The van der Waals surface area contributed by atoms with E-state index < -0.39 is 0 Å². The Morgan fingerprint density at radius 3 is 2.31 bits per heavy atom. The summed E-state index contributed by atoms with van der Waals surface area (Å²) in [5.41, 5.74) is 1.97. The van der Waals surface area contributed by atoms with Gasteiger partial charge in [0.25, 0.3) is 0 Å². The maximum absolute atomic E-state index is 11.5. The molecule has 84 valence electrons. The molecular formula is C14H16O2. The highest BCUT2D eigenvalue weighted by atomic mass is 16.1. The lowest BCUT2D eigenvalue weighted by atomic mass is 10.0. The molecule has 0 amide bonds. The van der Waals surface area contributed by atoms with E-state index in [1.807, 2.05) is 24.3 Å². The summed E-state index contributed by atoms with van der Waals surface area (Å²) in [6, 6.07) is 7.62. The SMILES string of the molecule is C=Cc1ccc(CC(=O)CC(=O)CC)cc1. The summed E-state index contributed by atoms with van der Waals surface area (Å²) in [4.78, 5) is 22.6. The second kappa shape index (κ2) is 6.01. The maximum Gasteiger partial charge on any atom is 0.144 e. The molecule has 0 N–H and O–H groups in total. The third-order valence-corrected chi connectivity index (χ3v) is 2.41. The van der Waals surface area contributed by atoms with Gasteiger partial charge in [0.1, 0.15) is 11.6 Å². The quantitative estimate of drug-likeness (QED) is 0.685. The summed E-state index contributed by atoms with van der Waals surface area (Å²) < 4.78 is 0. The van der Waals surface area contributed by atoms with E-state index in [0.29, 0.717) is 12.8 Å². The minimum atomic E-state index is -0.0156. The van der Waals surface area contributed by atoms with Crippen LogP contribution in [0.1, 0.15) is 30.9 Å². The molecule has 0 heterocycles. The number of carbonyl (C=O) groups is 2. The van der Waals surface area contributed by atoms with Gasteiger partial charge in [-0.1, -0.05) is 43.8 Å². The van der Waals surface area contributed by atoms with Crippen LogP contribution in [-0.4, -0.2) is 11.6 Å². The van der Waals surface area contributed by atoms with Gasteiger partial charge < -0.3 is 0 Å². The number of rotatable bonds is 6. The van der Waals surface area contributed by atoms with Crippen LogP contribution in [-0.2, 0) is 16.0 Å². The smallest absolute Gasteiger partial charge is 0.144 e. The molecule has 0 spiro atoms. The van der Waals surface area contributed by atoms with Gasteiger partial charge in [0.05, 0.1) is 6.42 Å². The first-order valence-corrected chi connectivity index (χ1v) is 5.40. The minimum Gasteiger partial charge on any atom is -0.299 e. The lowest BCUT2D eigenvalue weighted by Crippen LogP contribution is -2.09. The van der Waals surface area contributed by atoms with Crippen LogP contribution in [0.15, 0.2) is 30.8 Å². The van der Waals surface area contributed by atoms with E-state index >= 15 is 0 Å². The third kappa shape index (κ3) is 3.81. The third-order valence-electron chi connectivity index (χ3n) is 2.41. The molecule has 0 aromatic heterocycles. The molecule has 0 aliphatic rings. The summed E-state index contributed by atoms with van der Waals surface area (Å²) in [7, 11) is 0. The Morgan fingerprint density at radius 2 is 1.81 bits per heavy atom. The molecule has 0 fully saturated rings. The van der Waals surface area contributed by atoms with Crippen molar-refractivity contribution in [3.63, 3.8) is 0 Å². The maximum atomic E-state index is 11.5. The molecule has 0 bridgehead atoms. The number of hydrogen-bond donors (Lipinski definition) is 0. The van der Waals surface area contributed by atoms with Gasteiger partial charge in [0.15, 0.2) is 0 Å². The predicted molar refractivity (Wildman–Crippen MR) is 65.2 cm³/mol. The van der Waals surface area contributed by atoms with Crippen LogP contribution in [0.25, 0.3) is 6.08 Å². The van der Waals surface area contributed by atoms with Gasteiger partial charge in [-0.15, -0.1) is 0 Å². The molecule has 0 saturated carbocycles. The summed E-state index contributed by atoms with van der Waals surface area (Å²) in [6.45, 7) is 5.43. The standard InChI is InChI=1S/C14H16O2/c1-3-11-5-7-12(8-6-11)9-14(16)10-13(15)4-2/h3,5-8H,1,4,9-10H2,2H3. The first kappa shape index (κ1) is 12.4. The van der Waals surface area contributed by atoms with Gasteiger partial charge >= 0.3 is 0 Å². The fourth-order valence-corrected chi connectivity index (χ4v) is 1.41. The zero-order valence-corrected chi connectivity index (χ0v) is 9.53. The van der Waals surface area contributed by atoms with Crippen molar-refractivity contribution in [2.24, 2.45) is 0 Å². The van der Waals surface area contributed by atoms with Crippen molar-refractivity contribution in [2.75, 3.05) is 0 Å². The summed E-state index contributed by atoms with van der Waals surface area (Å²) >= 11 is 0. The van der Waals surface area contributed by atoms with E-state index in [0.717, 1.165) is 11.1 Å². The van der Waals surface area contributed by atoms with Crippen LogP contribution in [0.2, 0.25) is 0 Å². The number of benzene rings is 1. The zero-order chi connectivity index (χ0) is 12.0. The molecule has 1 rings (SSSR count). The van der Waals surface area contributed by atoms with Crippen molar-refractivity contribution in [2.45, 2.75) is 26.2 Å². The second-order valence-electron chi connectivity index (χ2n) is 3.73. The van der Waals surface area contributed by atoms with Crippen molar-refractivity contribution in [3.05, 3.63) is 42.0 Å². The van der Waals surface area contributed by atoms with Crippen molar-refractivity contribution in [1.82, 2.24) is 0 Å². The predicted octanol–water partition coefficient (Wildman–Crippen LogP) is 2.81. The molecule has 2 nitrogen and oxygen atoms in total. The fourth-order valence-electron chi connectivity index (χ4n) is 1.41. The van der Waals surface area contributed by atoms with Crippen LogP contribution in [0.4, 0.5) is 0 Å². The van der Waals surface area contributed by atoms with Crippen molar-refractivity contribution < 1.29 is 9.59 Å². The van der Waals surface area contributed by atoms with Crippen LogP contribution >= 0.6 is 0 Å². The Labute approximate surface area is 96.0 Å². The summed E-state index contributed by atoms with van der Waals surface area (Å²) in [6.07, 6.45) is 2.58. The monoisotopic (exact) mass is 216 g/mol. The first-order valence-electron chi connectivity index (χ1n) is 5.40. The van der Waals surface area contributed by atoms with Crippen LogP contribution in [0.3, 0.4) is 0 Å². The van der Waals surface area contributed by atoms with Gasteiger partial charge in [-0.2, -0.15) is 0 Å². The number of carbonyl (C=O) groups excluding carboxylic acids is 2. The van der Waals surface area contributed by atoms with Crippen LogP contribution in [0, 0.1) is 0 Å². The number of hydrogen-bond acceptors (Lipinski definition) is 2. The normalized spacial score (nSPS) is 9.81. The summed E-state index contributed by atoms with van der Waals surface area (Å²) in [5.74, 6) is -0.00841. The second-order valence-corrected chi connectivity index (χ2v) is 3.73. The minimum absolute atomic E-state index is 0.00714. The highest BCUT2D eigenvalue weighted by Crippen LogP contribution is 2.07. The Kier molecular flexibility index (Phi) is 4.65. The molecule has 0 radical (unpaired) electrons. The molecule has 0 saturated heterocycles. The van der Waals surface area contributed by atoms with Crippen LogP contribution < -0.4 is 0 Å². The van der Waals surface area contributed by atoms with Gasteiger partial charge in [-0.25, -0.2) is 0 Å². The van der Waals surface area contributed by atoms with Gasteiger partial charge in [-0.3, -0.25) is 9.59 Å². The van der Waals surface area contributed by atoms with Crippen molar-refractivity contribution in [1.29, 1.82) is 0 Å². The van der Waals surface area contributed by atoms with Crippen molar-refractivity contribution >= 4 is 17.6 Å². The number of Topliss-reactive ketones (excluding diaryl/α,β-unsaturated/α-hetero) is 2. The fraction of sp³-hybridized carbons (Fsp3) is 0.286. The highest BCUT2D eigenvalue weighted by molar-refractivity contribution is 5.99. The molecule has 0 unspecified atom stereocenters.